The fourth-order valence-electron chi connectivity index (χ4n) is 2.35. The SMILES string of the molecule is O=C1c2ccccc2CC1(CCCO)[N+](=O)[O-]. The van der Waals surface area contributed by atoms with Gasteiger partial charge < -0.3 is 5.11 Å². The normalized spacial score (nSPS) is 22.5. The van der Waals surface area contributed by atoms with Crippen molar-refractivity contribution in [3.05, 3.63) is 45.5 Å². The van der Waals surface area contributed by atoms with Crippen LogP contribution in [0.1, 0.15) is 28.8 Å². The zero-order valence-corrected chi connectivity index (χ0v) is 9.26. The van der Waals surface area contributed by atoms with Crippen molar-refractivity contribution in [2.24, 2.45) is 0 Å². The zero-order valence-electron chi connectivity index (χ0n) is 9.26. The highest BCUT2D eigenvalue weighted by Gasteiger charge is 2.55. The van der Waals surface area contributed by atoms with E-state index < -0.39 is 16.2 Å². The monoisotopic (exact) mass is 235 g/mol. The maximum atomic E-state index is 12.1. The number of ketones is 1. The summed E-state index contributed by atoms with van der Waals surface area (Å²) in [4.78, 5) is 22.9. The molecule has 0 heterocycles. The third kappa shape index (κ3) is 1.72. The van der Waals surface area contributed by atoms with Gasteiger partial charge in [-0.1, -0.05) is 24.3 Å². The van der Waals surface area contributed by atoms with E-state index in [1.54, 1.807) is 24.3 Å². The van der Waals surface area contributed by atoms with Crippen LogP contribution in [-0.2, 0) is 6.42 Å². The fourth-order valence-corrected chi connectivity index (χ4v) is 2.35. The maximum absolute atomic E-state index is 12.1. The molecule has 5 nitrogen and oxygen atoms in total. The second-order valence-electron chi connectivity index (χ2n) is 4.28. The number of fused-ring (bicyclic) bond motifs is 1. The average Bonchev–Trinajstić information content (AvgIpc) is 2.62. The molecule has 1 aromatic rings. The maximum Gasteiger partial charge on any atom is 0.287 e. The molecule has 1 aromatic carbocycles. The average molecular weight is 235 g/mol. The molecule has 0 radical (unpaired) electrons. The summed E-state index contributed by atoms with van der Waals surface area (Å²) >= 11 is 0. The van der Waals surface area contributed by atoms with E-state index in [-0.39, 0.29) is 25.9 Å². The van der Waals surface area contributed by atoms with Gasteiger partial charge in [-0.3, -0.25) is 14.9 Å². The Morgan fingerprint density at radius 2 is 2.12 bits per heavy atom. The summed E-state index contributed by atoms with van der Waals surface area (Å²) in [6, 6.07) is 6.85. The smallest absolute Gasteiger partial charge is 0.287 e. The lowest BCUT2D eigenvalue weighted by molar-refractivity contribution is -0.549. The van der Waals surface area contributed by atoms with Crippen LogP contribution in [0, 0.1) is 10.1 Å². The van der Waals surface area contributed by atoms with E-state index in [1.165, 1.54) is 0 Å². The van der Waals surface area contributed by atoms with Gasteiger partial charge in [-0.15, -0.1) is 0 Å². The Morgan fingerprint density at radius 1 is 1.41 bits per heavy atom. The summed E-state index contributed by atoms with van der Waals surface area (Å²) in [5, 5.41) is 20.0. The van der Waals surface area contributed by atoms with Crippen molar-refractivity contribution in [2.75, 3.05) is 6.61 Å². The Balaban J connectivity index is 2.40. The van der Waals surface area contributed by atoms with Gasteiger partial charge in [0.15, 0.2) is 0 Å². The Kier molecular flexibility index (Phi) is 2.93. The highest BCUT2D eigenvalue weighted by molar-refractivity contribution is 6.06. The molecule has 1 aliphatic carbocycles. The minimum atomic E-state index is -1.56. The summed E-state index contributed by atoms with van der Waals surface area (Å²) < 4.78 is 0. The molecule has 0 saturated heterocycles. The van der Waals surface area contributed by atoms with Crippen LogP contribution in [0.15, 0.2) is 24.3 Å². The highest BCUT2D eigenvalue weighted by Crippen LogP contribution is 2.35. The number of aliphatic hydroxyl groups is 1. The number of benzene rings is 1. The van der Waals surface area contributed by atoms with Crippen molar-refractivity contribution >= 4 is 5.78 Å². The van der Waals surface area contributed by atoms with Gasteiger partial charge >= 0.3 is 0 Å². The van der Waals surface area contributed by atoms with E-state index in [4.69, 9.17) is 5.11 Å². The number of carbonyl (C=O) groups excluding carboxylic acids is 1. The van der Waals surface area contributed by atoms with Crippen molar-refractivity contribution < 1.29 is 14.8 Å². The van der Waals surface area contributed by atoms with E-state index in [0.29, 0.717) is 5.56 Å². The molecule has 0 amide bonds. The van der Waals surface area contributed by atoms with Crippen LogP contribution >= 0.6 is 0 Å². The molecule has 1 atom stereocenters. The molecule has 0 saturated carbocycles. The first kappa shape index (κ1) is 11.7. The minimum absolute atomic E-state index is 0.0873. The lowest BCUT2D eigenvalue weighted by Crippen LogP contribution is -2.44. The summed E-state index contributed by atoms with van der Waals surface area (Å²) in [5.41, 5.74) is -0.388. The number of hydrogen-bond donors (Lipinski definition) is 1. The Bertz CT molecular complexity index is 471. The van der Waals surface area contributed by atoms with Crippen molar-refractivity contribution in [3.63, 3.8) is 0 Å². The lowest BCUT2D eigenvalue weighted by Gasteiger charge is -2.17. The Labute approximate surface area is 98.2 Å². The third-order valence-corrected chi connectivity index (χ3v) is 3.27. The van der Waals surface area contributed by atoms with E-state index in [1.807, 2.05) is 0 Å². The molecule has 5 heteroatoms. The van der Waals surface area contributed by atoms with Crippen molar-refractivity contribution in [2.45, 2.75) is 24.8 Å². The van der Waals surface area contributed by atoms with E-state index in [0.717, 1.165) is 5.56 Å². The van der Waals surface area contributed by atoms with Crippen molar-refractivity contribution in [3.8, 4) is 0 Å². The van der Waals surface area contributed by atoms with Crippen molar-refractivity contribution in [1.82, 2.24) is 0 Å². The molecule has 2 rings (SSSR count). The topological polar surface area (TPSA) is 80.4 Å². The predicted molar refractivity (Wildman–Crippen MR) is 60.5 cm³/mol. The molecule has 1 aliphatic rings. The van der Waals surface area contributed by atoms with Crippen LogP contribution in [0.5, 0.6) is 0 Å². The highest BCUT2D eigenvalue weighted by atomic mass is 16.6. The molecule has 17 heavy (non-hydrogen) atoms. The van der Waals surface area contributed by atoms with Crippen LogP contribution in [0.25, 0.3) is 0 Å². The number of hydrogen-bond acceptors (Lipinski definition) is 4. The van der Waals surface area contributed by atoms with Crippen LogP contribution in [0.2, 0.25) is 0 Å². The minimum Gasteiger partial charge on any atom is -0.396 e. The molecule has 90 valence electrons. The largest absolute Gasteiger partial charge is 0.396 e. The predicted octanol–water partition coefficient (Wildman–Crippen LogP) is 1.21. The van der Waals surface area contributed by atoms with Crippen LogP contribution in [0.4, 0.5) is 0 Å². The lowest BCUT2D eigenvalue weighted by atomic mass is 9.90. The van der Waals surface area contributed by atoms with Gasteiger partial charge in [0.25, 0.3) is 5.54 Å². The zero-order chi connectivity index (χ0) is 12.5. The summed E-state index contributed by atoms with van der Waals surface area (Å²) in [5.74, 6) is -0.424. The number of carbonyl (C=O) groups is 1. The molecule has 0 spiro atoms. The van der Waals surface area contributed by atoms with E-state index in [2.05, 4.69) is 0 Å². The third-order valence-electron chi connectivity index (χ3n) is 3.27. The van der Waals surface area contributed by atoms with Gasteiger partial charge in [-0.2, -0.15) is 0 Å². The quantitative estimate of drug-likeness (QED) is 0.628. The molecular formula is C12H13NO4. The first-order valence-electron chi connectivity index (χ1n) is 5.50. The second-order valence-corrected chi connectivity index (χ2v) is 4.28. The van der Waals surface area contributed by atoms with E-state index >= 15 is 0 Å². The van der Waals surface area contributed by atoms with Gasteiger partial charge in [0.1, 0.15) is 0 Å². The van der Waals surface area contributed by atoms with Crippen molar-refractivity contribution in [1.29, 1.82) is 0 Å². The number of nitrogens with zero attached hydrogens (tertiary/aromatic N) is 1. The fraction of sp³-hybridized carbons (Fsp3) is 0.417. The summed E-state index contributed by atoms with van der Waals surface area (Å²) in [6.45, 7) is -0.140. The van der Waals surface area contributed by atoms with Crippen LogP contribution in [-0.4, -0.2) is 28.0 Å². The van der Waals surface area contributed by atoms with Gasteiger partial charge in [-0.05, 0) is 12.0 Å². The van der Waals surface area contributed by atoms with Gasteiger partial charge in [0.05, 0.1) is 6.42 Å². The molecule has 1 unspecified atom stereocenters. The van der Waals surface area contributed by atoms with Crippen LogP contribution < -0.4 is 0 Å². The Hall–Kier alpha value is -1.75. The molecule has 0 aromatic heterocycles. The molecule has 0 aliphatic heterocycles. The number of Topliss-reactive ketones (excluding diaryl/α,β-unsaturated/α-hetero) is 1. The Morgan fingerprint density at radius 3 is 2.71 bits per heavy atom. The van der Waals surface area contributed by atoms with E-state index in [9.17, 15) is 14.9 Å². The number of nitro groups is 1. The first-order valence-corrected chi connectivity index (χ1v) is 5.50. The van der Waals surface area contributed by atoms with Crippen LogP contribution in [0.3, 0.4) is 0 Å². The summed E-state index contributed by atoms with van der Waals surface area (Å²) in [6.07, 6.45) is 0.486. The van der Waals surface area contributed by atoms with Gasteiger partial charge in [-0.25, -0.2) is 0 Å². The number of aliphatic hydroxyl groups excluding tert-OH is 1. The summed E-state index contributed by atoms with van der Waals surface area (Å²) in [7, 11) is 0. The standard InChI is InChI=1S/C12H13NO4/c14-7-3-6-12(13(16)17)8-9-4-1-2-5-10(9)11(12)15/h1-2,4-5,14H,3,6-8H2. The molecule has 0 fully saturated rings. The molecule has 1 N–H and O–H groups in total. The molecule has 0 bridgehead atoms. The van der Waals surface area contributed by atoms with Gasteiger partial charge in [0.2, 0.25) is 5.78 Å². The number of rotatable bonds is 4. The first-order chi connectivity index (χ1) is 8.12. The second kappa shape index (κ2) is 4.25. The van der Waals surface area contributed by atoms with Gasteiger partial charge in [0, 0.05) is 23.5 Å². The molecular weight excluding hydrogens is 222 g/mol.